The van der Waals surface area contributed by atoms with Gasteiger partial charge in [-0.25, -0.2) is 0 Å². The first-order valence-electron chi connectivity index (χ1n) is 8.46. The topological polar surface area (TPSA) is 79.7 Å². The molecule has 0 spiro atoms. The lowest BCUT2D eigenvalue weighted by Gasteiger charge is -2.32. The monoisotopic (exact) mass is 336 g/mol. The first kappa shape index (κ1) is 15.6. The molecule has 0 saturated carbocycles. The minimum Gasteiger partial charge on any atom is -0.338 e. The number of H-pyrrole nitrogens is 1. The van der Waals surface area contributed by atoms with Gasteiger partial charge in [0.1, 0.15) is 12.7 Å². The molecule has 1 aliphatic rings. The fourth-order valence-electron chi connectivity index (χ4n) is 3.48. The van der Waals surface area contributed by atoms with Gasteiger partial charge in [-0.2, -0.15) is 5.10 Å². The van der Waals surface area contributed by atoms with E-state index in [9.17, 15) is 4.79 Å². The van der Waals surface area contributed by atoms with Gasteiger partial charge in [0.05, 0.1) is 6.20 Å². The Morgan fingerprint density at radius 1 is 1.28 bits per heavy atom. The van der Waals surface area contributed by atoms with Gasteiger partial charge in [0.2, 0.25) is 0 Å². The van der Waals surface area contributed by atoms with Gasteiger partial charge in [0.15, 0.2) is 0 Å². The third kappa shape index (κ3) is 3.05. The lowest BCUT2D eigenvalue weighted by Crippen LogP contribution is -2.39. The second-order valence-corrected chi connectivity index (χ2v) is 6.48. The summed E-state index contributed by atoms with van der Waals surface area (Å²) >= 11 is 0. The number of rotatable bonds is 3. The highest BCUT2D eigenvalue weighted by atomic mass is 16.2. The maximum absolute atomic E-state index is 13.0. The number of hydrogen-bond donors (Lipinski definition) is 1. The summed E-state index contributed by atoms with van der Waals surface area (Å²) in [5, 5.41) is 14.9. The third-order valence-corrected chi connectivity index (χ3v) is 4.79. The van der Waals surface area contributed by atoms with E-state index in [1.165, 1.54) is 0 Å². The van der Waals surface area contributed by atoms with Gasteiger partial charge < -0.3 is 4.90 Å². The molecular formula is C18H20N6O. The Kier molecular flexibility index (Phi) is 4.05. The van der Waals surface area contributed by atoms with Crippen molar-refractivity contribution < 1.29 is 4.79 Å². The van der Waals surface area contributed by atoms with Crippen LogP contribution in [0.25, 0.3) is 5.69 Å². The van der Waals surface area contributed by atoms with Crippen LogP contribution in [0.4, 0.5) is 0 Å². The molecule has 1 fully saturated rings. The molecule has 7 heteroatoms. The van der Waals surface area contributed by atoms with E-state index in [0.717, 1.165) is 42.9 Å². The van der Waals surface area contributed by atoms with Crippen molar-refractivity contribution in [2.24, 2.45) is 0 Å². The molecule has 0 aliphatic carbocycles. The smallest absolute Gasteiger partial charge is 0.253 e. The zero-order valence-corrected chi connectivity index (χ0v) is 14.1. The SMILES string of the molecule is Cc1cn[nH]c1C1CCCN(C(=O)c2cccc(-n3cnnc3)c2)C1. The molecule has 128 valence electrons. The summed E-state index contributed by atoms with van der Waals surface area (Å²) < 4.78 is 1.80. The molecular weight excluding hydrogens is 316 g/mol. The average Bonchev–Trinajstić information content (AvgIpc) is 3.33. The number of piperidine rings is 1. The Hall–Kier alpha value is -2.96. The number of likely N-dealkylation sites (tertiary alicyclic amines) is 1. The second-order valence-electron chi connectivity index (χ2n) is 6.48. The van der Waals surface area contributed by atoms with E-state index >= 15 is 0 Å². The Balaban J connectivity index is 1.54. The number of aryl methyl sites for hydroxylation is 1. The van der Waals surface area contributed by atoms with E-state index < -0.39 is 0 Å². The Bertz CT molecular complexity index is 869. The Morgan fingerprint density at radius 3 is 2.88 bits per heavy atom. The van der Waals surface area contributed by atoms with Crippen molar-refractivity contribution in [3.63, 3.8) is 0 Å². The van der Waals surface area contributed by atoms with Gasteiger partial charge in [-0.3, -0.25) is 14.5 Å². The van der Waals surface area contributed by atoms with Crippen LogP contribution >= 0.6 is 0 Å². The number of carbonyl (C=O) groups is 1. The van der Waals surface area contributed by atoms with Crippen LogP contribution in [0.3, 0.4) is 0 Å². The molecule has 25 heavy (non-hydrogen) atoms. The minimum absolute atomic E-state index is 0.0665. The van der Waals surface area contributed by atoms with Crippen LogP contribution in [0.1, 0.15) is 40.4 Å². The molecule has 1 aromatic carbocycles. The molecule has 1 N–H and O–H groups in total. The number of benzene rings is 1. The van der Waals surface area contributed by atoms with Gasteiger partial charge in [-0.05, 0) is 43.5 Å². The highest BCUT2D eigenvalue weighted by molar-refractivity contribution is 5.94. The maximum atomic E-state index is 13.0. The molecule has 1 saturated heterocycles. The summed E-state index contributed by atoms with van der Waals surface area (Å²) in [7, 11) is 0. The number of nitrogens with zero attached hydrogens (tertiary/aromatic N) is 5. The van der Waals surface area contributed by atoms with Crippen LogP contribution < -0.4 is 0 Å². The number of aromatic amines is 1. The van der Waals surface area contributed by atoms with E-state index in [4.69, 9.17) is 0 Å². The number of amides is 1. The zero-order chi connectivity index (χ0) is 17.2. The zero-order valence-electron chi connectivity index (χ0n) is 14.1. The fourth-order valence-corrected chi connectivity index (χ4v) is 3.48. The van der Waals surface area contributed by atoms with Crippen LogP contribution in [0.5, 0.6) is 0 Å². The van der Waals surface area contributed by atoms with Crippen LogP contribution in [0.2, 0.25) is 0 Å². The molecule has 3 heterocycles. The van der Waals surface area contributed by atoms with Crippen molar-refractivity contribution in [2.45, 2.75) is 25.7 Å². The van der Waals surface area contributed by atoms with Crippen molar-refractivity contribution in [3.8, 4) is 5.69 Å². The van der Waals surface area contributed by atoms with E-state index in [2.05, 4.69) is 27.3 Å². The van der Waals surface area contributed by atoms with Gasteiger partial charge in [0, 0.05) is 36.0 Å². The summed E-state index contributed by atoms with van der Waals surface area (Å²) in [5.41, 5.74) is 3.88. The molecule has 2 aromatic heterocycles. The molecule has 0 radical (unpaired) electrons. The normalized spacial score (nSPS) is 17.6. The van der Waals surface area contributed by atoms with Crippen molar-refractivity contribution in [1.29, 1.82) is 0 Å². The number of hydrogen-bond acceptors (Lipinski definition) is 4. The summed E-state index contributed by atoms with van der Waals surface area (Å²) in [5.74, 6) is 0.387. The lowest BCUT2D eigenvalue weighted by atomic mass is 9.92. The molecule has 0 bridgehead atoms. The van der Waals surface area contributed by atoms with Crippen LogP contribution in [-0.2, 0) is 0 Å². The summed E-state index contributed by atoms with van der Waals surface area (Å²) in [6, 6.07) is 7.58. The van der Waals surface area contributed by atoms with Gasteiger partial charge in [0.25, 0.3) is 5.91 Å². The largest absolute Gasteiger partial charge is 0.338 e. The first-order valence-corrected chi connectivity index (χ1v) is 8.46. The first-order chi connectivity index (χ1) is 12.2. The second kappa shape index (κ2) is 6.51. The van der Waals surface area contributed by atoms with Crippen molar-refractivity contribution >= 4 is 5.91 Å². The van der Waals surface area contributed by atoms with E-state index in [1.807, 2.05) is 35.4 Å². The van der Waals surface area contributed by atoms with E-state index in [-0.39, 0.29) is 5.91 Å². The average molecular weight is 336 g/mol. The van der Waals surface area contributed by atoms with E-state index in [1.54, 1.807) is 17.2 Å². The van der Waals surface area contributed by atoms with Crippen LogP contribution in [-0.4, -0.2) is 48.9 Å². The molecule has 1 atom stereocenters. The Morgan fingerprint density at radius 2 is 2.12 bits per heavy atom. The van der Waals surface area contributed by atoms with Gasteiger partial charge in [-0.1, -0.05) is 6.07 Å². The third-order valence-electron chi connectivity index (χ3n) is 4.79. The van der Waals surface area contributed by atoms with Crippen molar-refractivity contribution in [1.82, 2.24) is 29.9 Å². The number of nitrogens with one attached hydrogen (secondary N) is 1. The molecule has 1 amide bonds. The highest BCUT2D eigenvalue weighted by Gasteiger charge is 2.27. The lowest BCUT2D eigenvalue weighted by molar-refractivity contribution is 0.0705. The predicted octanol–water partition coefficient (Wildman–Crippen LogP) is 2.32. The van der Waals surface area contributed by atoms with E-state index in [0.29, 0.717) is 11.5 Å². The molecule has 1 unspecified atom stereocenters. The number of aromatic nitrogens is 5. The maximum Gasteiger partial charge on any atom is 0.253 e. The van der Waals surface area contributed by atoms with Crippen molar-refractivity contribution in [3.05, 3.63) is 59.9 Å². The predicted molar refractivity (Wildman–Crippen MR) is 92.6 cm³/mol. The molecule has 1 aliphatic heterocycles. The summed E-state index contributed by atoms with van der Waals surface area (Å²) in [6.45, 7) is 3.57. The fraction of sp³-hybridized carbons (Fsp3) is 0.333. The Labute approximate surface area is 145 Å². The van der Waals surface area contributed by atoms with Crippen LogP contribution in [0, 0.1) is 6.92 Å². The van der Waals surface area contributed by atoms with Gasteiger partial charge >= 0.3 is 0 Å². The minimum atomic E-state index is 0.0665. The summed E-state index contributed by atoms with van der Waals surface area (Å²) in [6.07, 6.45) is 7.18. The van der Waals surface area contributed by atoms with Gasteiger partial charge in [-0.15, -0.1) is 10.2 Å². The quantitative estimate of drug-likeness (QED) is 0.796. The van der Waals surface area contributed by atoms with Crippen molar-refractivity contribution in [2.75, 3.05) is 13.1 Å². The molecule has 7 nitrogen and oxygen atoms in total. The molecule has 4 rings (SSSR count). The molecule has 3 aromatic rings. The van der Waals surface area contributed by atoms with Crippen LogP contribution in [0.15, 0.2) is 43.1 Å². The number of carbonyl (C=O) groups excluding carboxylic acids is 1. The highest BCUT2D eigenvalue weighted by Crippen LogP contribution is 2.28. The standard InChI is InChI=1S/C18H20N6O/c1-13-9-19-22-17(13)15-5-3-7-23(10-15)18(25)14-4-2-6-16(8-14)24-11-20-21-12-24/h2,4,6,8-9,11-12,15H,3,5,7,10H2,1H3,(H,19,22). The summed E-state index contributed by atoms with van der Waals surface area (Å²) in [4.78, 5) is 14.9.